The van der Waals surface area contributed by atoms with Gasteiger partial charge in [-0.2, -0.15) is 0 Å². The third kappa shape index (κ3) is 6.04. The lowest BCUT2D eigenvalue weighted by atomic mass is 9.68. The molecule has 0 saturated carbocycles. The largest absolute Gasteiger partial charge is 0.508 e. The highest BCUT2D eigenvalue weighted by Crippen LogP contribution is 2.40. The van der Waals surface area contributed by atoms with Crippen LogP contribution in [0.3, 0.4) is 0 Å². The van der Waals surface area contributed by atoms with Crippen LogP contribution in [0.5, 0.6) is 11.5 Å². The number of carbonyl (C=O) groups is 1. The van der Waals surface area contributed by atoms with E-state index in [0.29, 0.717) is 30.4 Å². The molecule has 1 saturated heterocycles. The van der Waals surface area contributed by atoms with Crippen molar-refractivity contribution in [1.82, 2.24) is 10.2 Å². The zero-order valence-electron chi connectivity index (χ0n) is 19.8. The van der Waals surface area contributed by atoms with E-state index in [9.17, 15) is 15.0 Å². The molecule has 1 heterocycles. The smallest absolute Gasteiger partial charge is 0.220 e. The van der Waals surface area contributed by atoms with Crippen molar-refractivity contribution < 1.29 is 15.0 Å². The second-order valence-electron chi connectivity index (χ2n) is 9.96. The Balaban J connectivity index is 1.54. The third-order valence-corrected chi connectivity index (χ3v) is 7.26. The van der Waals surface area contributed by atoms with Gasteiger partial charge in [0.2, 0.25) is 5.91 Å². The molecule has 0 bridgehead atoms. The van der Waals surface area contributed by atoms with Gasteiger partial charge in [-0.25, -0.2) is 0 Å². The molecule has 1 aliphatic rings. The fourth-order valence-corrected chi connectivity index (χ4v) is 4.67. The van der Waals surface area contributed by atoms with Crippen molar-refractivity contribution in [1.29, 1.82) is 0 Å². The van der Waals surface area contributed by atoms with Crippen LogP contribution in [0.4, 0.5) is 0 Å². The Morgan fingerprint density at radius 2 is 1.88 bits per heavy atom. The van der Waals surface area contributed by atoms with Crippen molar-refractivity contribution in [3.63, 3.8) is 0 Å². The average Bonchev–Trinajstić information content (AvgIpc) is 2.75. The van der Waals surface area contributed by atoms with Gasteiger partial charge in [0.25, 0.3) is 0 Å². The third-order valence-electron chi connectivity index (χ3n) is 7.26. The standard InChI is InChI=1S/C27H38N2O3/c1-19(2)25(28-26(32)13-10-21-8-11-23(30)12-9-21)18-29-15-14-27(4,20(3)17-29)22-6-5-7-24(31)16-22/h5-9,11-12,16,19-20,25,30-31H,10,13-15,17-18H2,1-4H3,(H,28,32)/t20-,25-,27+/m0/s1. The maximum Gasteiger partial charge on any atom is 0.220 e. The van der Waals surface area contributed by atoms with Gasteiger partial charge in [-0.15, -0.1) is 0 Å². The van der Waals surface area contributed by atoms with E-state index in [2.05, 4.69) is 44.0 Å². The summed E-state index contributed by atoms with van der Waals surface area (Å²) in [6, 6.07) is 14.8. The molecule has 1 fully saturated rings. The number of phenols is 2. The molecule has 0 aromatic heterocycles. The molecule has 3 rings (SSSR count). The van der Waals surface area contributed by atoms with E-state index in [1.807, 2.05) is 24.3 Å². The minimum Gasteiger partial charge on any atom is -0.508 e. The van der Waals surface area contributed by atoms with Crippen LogP contribution in [0.1, 0.15) is 51.7 Å². The Morgan fingerprint density at radius 3 is 2.50 bits per heavy atom. The average molecular weight is 439 g/mol. The molecule has 5 heteroatoms. The van der Waals surface area contributed by atoms with E-state index in [4.69, 9.17) is 0 Å². The van der Waals surface area contributed by atoms with Crippen LogP contribution in [-0.2, 0) is 16.6 Å². The van der Waals surface area contributed by atoms with Gasteiger partial charge >= 0.3 is 0 Å². The van der Waals surface area contributed by atoms with Crippen LogP contribution >= 0.6 is 0 Å². The molecule has 1 amide bonds. The van der Waals surface area contributed by atoms with Crippen LogP contribution in [-0.4, -0.2) is 46.7 Å². The Hall–Kier alpha value is -2.53. The molecule has 0 spiro atoms. The monoisotopic (exact) mass is 438 g/mol. The van der Waals surface area contributed by atoms with Gasteiger partial charge in [-0.05, 0) is 72.0 Å². The molecule has 174 valence electrons. The van der Waals surface area contributed by atoms with Crippen LogP contribution in [0.2, 0.25) is 0 Å². The van der Waals surface area contributed by atoms with E-state index < -0.39 is 0 Å². The number of rotatable bonds is 8. The summed E-state index contributed by atoms with van der Waals surface area (Å²) >= 11 is 0. The summed E-state index contributed by atoms with van der Waals surface area (Å²) in [6.07, 6.45) is 2.14. The first-order chi connectivity index (χ1) is 15.2. The number of aromatic hydroxyl groups is 2. The van der Waals surface area contributed by atoms with Crippen molar-refractivity contribution in [3.05, 3.63) is 59.7 Å². The van der Waals surface area contributed by atoms with Crippen molar-refractivity contribution in [2.45, 2.75) is 58.4 Å². The normalized spacial score (nSPS) is 22.6. The number of phenolic OH excluding ortho intramolecular Hbond substituents is 2. The number of amides is 1. The predicted octanol–water partition coefficient (Wildman–Crippen LogP) is 4.47. The maximum absolute atomic E-state index is 12.6. The van der Waals surface area contributed by atoms with Gasteiger partial charge in [0, 0.05) is 25.6 Å². The quantitative estimate of drug-likeness (QED) is 0.569. The summed E-state index contributed by atoms with van der Waals surface area (Å²) in [7, 11) is 0. The summed E-state index contributed by atoms with van der Waals surface area (Å²) in [5.41, 5.74) is 2.29. The van der Waals surface area contributed by atoms with Crippen LogP contribution in [0.25, 0.3) is 0 Å². The van der Waals surface area contributed by atoms with Gasteiger partial charge in [-0.3, -0.25) is 4.79 Å². The topological polar surface area (TPSA) is 72.8 Å². The van der Waals surface area contributed by atoms with Crippen molar-refractivity contribution in [2.24, 2.45) is 11.8 Å². The Labute approximate surface area is 192 Å². The summed E-state index contributed by atoms with van der Waals surface area (Å²) in [6.45, 7) is 11.7. The minimum absolute atomic E-state index is 0.0376. The highest BCUT2D eigenvalue weighted by atomic mass is 16.3. The first kappa shape index (κ1) is 24.1. The first-order valence-corrected chi connectivity index (χ1v) is 11.8. The van der Waals surface area contributed by atoms with Crippen molar-refractivity contribution in [2.75, 3.05) is 19.6 Å². The molecule has 3 atom stereocenters. The van der Waals surface area contributed by atoms with E-state index in [-0.39, 0.29) is 23.1 Å². The molecule has 0 radical (unpaired) electrons. The highest BCUT2D eigenvalue weighted by Gasteiger charge is 2.38. The molecule has 3 N–H and O–H groups in total. The SMILES string of the molecule is CC(C)[C@H](CN1CC[C@@](C)(c2cccc(O)c2)[C@@H](C)C1)NC(=O)CCc1ccc(O)cc1. The fraction of sp³-hybridized carbons (Fsp3) is 0.519. The lowest BCUT2D eigenvalue weighted by Gasteiger charge is -2.46. The van der Waals surface area contributed by atoms with E-state index in [1.165, 1.54) is 5.56 Å². The van der Waals surface area contributed by atoms with Gasteiger partial charge in [0.1, 0.15) is 11.5 Å². The molecule has 32 heavy (non-hydrogen) atoms. The number of benzene rings is 2. The highest BCUT2D eigenvalue weighted by molar-refractivity contribution is 5.76. The molecular weight excluding hydrogens is 400 g/mol. The number of hydrogen-bond acceptors (Lipinski definition) is 4. The van der Waals surface area contributed by atoms with Crippen molar-refractivity contribution in [3.8, 4) is 11.5 Å². The molecule has 0 aliphatic carbocycles. The number of likely N-dealkylation sites (tertiary alicyclic amines) is 1. The Bertz CT molecular complexity index is 896. The van der Waals surface area contributed by atoms with Crippen LogP contribution in [0, 0.1) is 11.8 Å². The number of carbonyl (C=O) groups excluding carboxylic acids is 1. The zero-order valence-corrected chi connectivity index (χ0v) is 19.8. The lowest BCUT2D eigenvalue weighted by Crippen LogP contribution is -2.53. The first-order valence-electron chi connectivity index (χ1n) is 11.8. The molecule has 2 aromatic rings. The van der Waals surface area contributed by atoms with E-state index in [1.54, 1.807) is 18.2 Å². The Kier molecular flexibility index (Phi) is 7.83. The van der Waals surface area contributed by atoms with Gasteiger partial charge in [-0.1, -0.05) is 52.0 Å². The second-order valence-corrected chi connectivity index (χ2v) is 9.96. The number of hydrogen-bond donors (Lipinski definition) is 3. The number of aryl methyl sites for hydroxylation is 1. The summed E-state index contributed by atoms with van der Waals surface area (Å²) in [5.74, 6) is 1.44. The van der Waals surface area contributed by atoms with Gasteiger partial charge in [0.15, 0.2) is 0 Å². The molecule has 1 aliphatic heterocycles. The number of nitrogens with zero attached hydrogens (tertiary/aromatic N) is 1. The molecule has 0 unspecified atom stereocenters. The van der Waals surface area contributed by atoms with Gasteiger partial charge in [0.05, 0.1) is 0 Å². The van der Waals surface area contributed by atoms with Crippen LogP contribution < -0.4 is 5.32 Å². The predicted molar refractivity (Wildman–Crippen MR) is 129 cm³/mol. The fourth-order valence-electron chi connectivity index (χ4n) is 4.67. The lowest BCUT2D eigenvalue weighted by molar-refractivity contribution is -0.122. The number of nitrogens with one attached hydrogen (secondary N) is 1. The summed E-state index contributed by atoms with van der Waals surface area (Å²) < 4.78 is 0. The van der Waals surface area contributed by atoms with E-state index in [0.717, 1.165) is 31.6 Å². The molecule has 5 nitrogen and oxygen atoms in total. The maximum atomic E-state index is 12.6. The summed E-state index contributed by atoms with van der Waals surface area (Å²) in [4.78, 5) is 15.1. The second kappa shape index (κ2) is 10.4. The molecule has 2 aromatic carbocycles. The number of piperidine rings is 1. The summed E-state index contributed by atoms with van der Waals surface area (Å²) in [5, 5.41) is 22.6. The van der Waals surface area contributed by atoms with Crippen LogP contribution in [0.15, 0.2) is 48.5 Å². The van der Waals surface area contributed by atoms with Crippen molar-refractivity contribution >= 4 is 5.91 Å². The zero-order chi connectivity index (χ0) is 23.3. The molecular formula is C27H38N2O3. The Morgan fingerprint density at radius 1 is 1.16 bits per heavy atom. The minimum atomic E-state index is 0.0376. The van der Waals surface area contributed by atoms with E-state index >= 15 is 0 Å². The van der Waals surface area contributed by atoms with Gasteiger partial charge < -0.3 is 20.4 Å².